The summed E-state index contributed by atoms with van der Waals surface area (Å²) in [6.45, 7) is 1.97. The number of carbonyl (C=O) groups is 1. The lowest BCUT2D eigenvalue weighted by atomic mass is 10.1. The van der Waals surface area contributed by atoms with Crippen LogP contribution >= 0.6 is 0 Å². The van der Waals surface area contributed by atoms with Crippen LogP contribution in [0.1, 0.15) is 21.6 Å². The third-order valence-corrected chi connectivity index (χ3v) is 3.66. The van der Waals surface area contributed by atoms with E-state index in [1.165, 1.54) is 30.6 Å². The smallest absolute Gasteiger partial charge is 0.269 e. The number of carbonyl (C=O) groups excluding carboxylic acids is 1. The highest BCUT2D eigenvalue weighted by atomic mass is 16.6. The van der Waals surface area contributed by atoms with E-state index < -0.39 is 4.92 Å². The molecule has 0 spiro atoms. The Morgan fingerprint density at radius 2 is 1.75 bits per heavy atom. The van der Waals surface area contributed by atoms with Gasteiger partial charge < -0.3 is 5.73 Å². The maximum absolute atomic E-state index is 12.8. The van der Waals surface area contributed by atoms with Crippen molar-refractivity contribution in [2.45, 2.75) is 6.92 Å². The van der Waals surface area contributed by atoms with Crippen LogP contribution in [0.4, 0.5) is 11.5 Å². The molecular formula is C17H14N4O3. The summed E-state index contributed by atoms with van der Waals surface area (Å²) in [7, 11) is 0. The number of aromatic nitrogens is 2. The number of nitro benzene ring substituents is 1. The van der Waals surface area contributed by atoms with Crippen molar-refractivity contribution in [2.24, 2.45) is 0 Å². The molecule has 120 valence electrons. The van der Waals surface area contributed by atoms with E-state index in [9.17, 15) is 14.9 Å². The number of nitrogens with two attached hydrogens (primary N) is 1. The van der Waals surface area contributed by atoms with Crippen LogP contribution in [-0.4, -0.2) is 20.3 Å². The first-order valence-corrected chi connectivity index (χ1v) is 7.16. The Hall–Kier alpha value is -3.48. The molecule has 0 saturated heterocycles. The van der Waals surface area contributed by atoms with E-state index in [0.717, 1.165) is 11.3 Å². The van der Waals surface area contributed by atoms with Gasteiger partial charge in [-0.05, 0) is 31.2 Å². The van der Waals surface area contributed by atoms with Gasteiger partial charge in [0.2, 0.25) is 5.78 Å². The van der Waals surface area contributed by atoms with Crippen LogP contribution in [0.15, 0.2) is 54.9 Å². The van der Waals surface area contributed by atoms with Crippen LogP contribution in [0.3, 0.4) is 0 Å². The number of non-ortho nitro benzene ring substituents is 1. The number of nitrogens with zero attached hydrogens (tertiary/aromatic N) is 3. The maximum Gasteiger partial charge on any atom is 0.269 e. The fourth-order valence-electron chi connectivity index (χ4n) is 2.36. The molecular weight excluding hydrogens is 308 g/mol. The van der Waals surface area contributed by atoms with Gasteiger partial charge in [0.15, 0.2) is 5.82 Å². The fourth-order valence-corrected chi connectivity index (χ4v) is 2.36. The molecule has 2 N–H and O–H groups in total. The fraction of sp³-hybridized carbons (Fsp3) is 0.0588. The van der Waals surface area contributed by atoms with Crippen molar-refractivity contribution in [3.63, 3.8) is 0 Å². The van der Waals surface area contributed by atoms with Gasteiger partial charge in [-0.1, -0.05) is 17.7 Å². The predicted octanol–water partition coefficient (Wildman–Crippen LogP) is 2.90. The Bertz CT molecular complexity index is 912. The van der Waals surface area contributed by atoms with E-state index in [-0.39, 0.29) is 23.0 Å². The molecule has 0 aliphatic carbocycles. The van der Waals surface area contributed by atoms with Crippen molar-refractivity contribution >= 4 is 17.3 Å². The summed E-state index contributed by atoms with van der Waals surface area (Å²) in [6.07, 6.45) is 1.48. The Balaban J connectivity index is 2.02. The summed E-state index contributed by atoms with van der Waals surface area (Å²) in [5, 5.41) is 10.7. The van der Waals surface area contributed by atoms with E-state index in [4.69, 9.17) is 5.73 Å². The van der Waals surface area contributed by atoms with E-state index in [2.05, 4.69) is 4.98 Å². The molecule has 2 aromatic carbocycles. The first kappa shape index (κ1) is 15.4. The molecule has 0 unspecified atom stereocenters. The normalized spacial score (nSPS) is 10.5. The average molecular weight is 322 g/mol. The second-order valence-electron chi connectivity index (χ2n) is 5.32. The topological polar surface area (TPSA) is 104 Å². The number of aryl methyl sites for hydroxylation is 1. The molecule has 0 fully saturated rings. The van der Waals surface area contributed by atoms with Crippen LogP contribution in [0, 0.1) is 17.0 Å². The second kappa shape index (κ2) is 5.96. The minimum absolute atomic E-state index is 0.0773. The van der Waals surface area contributed by atoms with Gasteiger partial charge >= 0.3 is 0 Å². The number of hydrogen-bond acceptors (Lipinski definition) is 5. The van der Waals surface area contributed by atoms with Gasteiger partial charge in [-0.15, -0.1) is 0 Å². The predicted molar refractivity (Wildman–Crippen MR) is 89.2 cm³/mol. The Morgan fingerprint density at radius 1 is 1.12 bits per heavy atom. The van der Waals surface area contributed by atoms with Crippen LogP contribution in [0.5, 0.6) is 0 Å². The lowest BCUT2D eigenvalue weighted by Gasteiger charge is -2.08. The Labute approximate surface area is 137 Å². The zero-order valence-corrected chi connectivity index (χ0v) is 12.8. The molecule has 1 aromatic heterocycles. The van der Waals surface area contributed by atoms with Gasteiger partial charge in [0.05, 0.1) is 4.92 Å². The summed E-state index contributed by atoms with van der Waals surface area (Å²) < 4.78 is 1.61. The van der Waals surface area contributed by atoms with Gasteiger partial charge in [0.1, 0.15) is 12.0 Å². The lowest BCUT2D eigenvalue weighted by molar-refractivity contribution is -0.384. The van der Waals surface area contributed by atoms with Crippen molar-refractivity contribution in [1.82, 2.24) is 9.55 Å². The van der Waals surface area contributed by atoms with Gasteiger partial charge in [0, 0.05) is 23.4 Å². The van der Waals surface area contributed by atoms with Gasteiger partial charge in [-0.2, -0.15) is 0 Å². The first-order chi connectivity index (χ1) is 11.5. The third kappa shape index (κ3) is 2.74. The summed E-state index contributed by atoms with van der Waals surface area (Å²) >= 11 is 0. The molecule has 7 nitrogen and oxygen atoms in total. The van der Waals surface area contributed by atoms with E-state index >= 15 is 0 Å². The summed E-state index contributed by atoms with van der Waals surface area (Å²) in [5.41, 5.74) is 8.17. The molecule has 0 saturated carbocycles. The SMILES string of the molecule is Cc1ccc(-n2cnc(N)c2C(=O)c2ccc([N+](=O)[O-])cc2)cc1. The first-order valence-electron chi connectivity index (χ1n) is 7.16. The number of nitrogen functional groups attached to an aromatic ring is 1. The van der Waals surface area contributed by atoms with Crippen LogP contribution in [0.25, 0.3) is 5.69 Å². The molecule has 0 radical (unpaired) electrons. The maximum atomic E-state index is 12.8. The number of benzene rings is 2. The summed E-state index contributed by atoms with van der Waals surface area (Å²) in [6, 6.07) is 13.0. The van der Waals surface area contributed by atoms with Gasteiger partial charge in [-0.25, -0.2) is 4.98 Å². The number of rotatable bonds is 4. The molecule has 24 heavy (non-hydrogen) atoms. The summed E-state index contributed by atoms with van der Waals surface area (Å²) in [4.78, 5) is 27.0. The zero-order valence-electron chi connectivity index (χ0n) is 12.8. The molecule has 7 heteroatoms. The van der Waals surface area contributed by atoms with Crippen molar-refractivity contribution in [1.29, 1.82) is 0 Å². The number of anilines is 1. The quantitative estimate of drug-likeness (QED) is 0.452. The minimum Gasteiger partial charge on any atom is -0.382 e. The molecule has 0 bridgehead atoms. The largest absolute Gasteiger partial charge is 0.382 e. The third-order valence-electron chi connectivity index (χ3n) is 3.66. The molecule has 3 rings (SSSR count). The average Bonchev–Trinajstić information content (AvgIpc) is 2.96. The Morgan fingerprint density at radius 3 is 2.33 bits per heavy atom. The number of ketones is 1. The highest BCUT2D eigenvalue weighted by Crippen LogP contribution is 2.22. The molecule has 0 atom stereocenters. The van der Waals surface area contributed by atoms with Gasteiger partial charge in [-0.3, -0.25) is 19.5 Å². The number of imidazole rings is 1. The van der Waals surface area contributed by atoms with E-state index in [1.54, 1.807) is 4.57 Å². The number of nitro groups is 1. The molecule has 0 aliphatic heterocycles. The standard InChI is InChI=1S/C17H14N4O3/c1-11-2-6-13(7-3-11)20-10-19-17(18)15(20)16(22)12-4-8-14(9-5-12)21(23)24/h2-10H,18H2,1H3. The molecule has 1 heterocycles. The second-order valence-corrected chi connectivity index (χ2v) is 5.32. The van der Waals surface area contributed by atoms with Crippen LogP contribution in [0.2, 0.25) is 0 Å². The van der Waals surface area contributed by atoms with Crippen molar-refractivity contribution < 1.29 is 9.72 Å². The van der Waals surface area contributed by atoms with Crippen molar-refractivity contribution in [2.75, 3.05) is 5.73 Å². The van der Waals surface area contributed by atoms with E-state index in [0.29, 0.717) is 5.56 Å². The zero-order chi connectivity index (χ0) is 17.3. The Kier molecular flexibility index (Phi) is 3.83. The molecule has 3 aromatic rings. The lowest BCUT2D eigenvalue weighted by Crippen LogP contribution is -2.11. The summed E-state index contributed by atoms with van der Waals surface area (Å²) in [5.74, 6) is -0.237. The minimum atomic E-state index is -0.515. The van der Waals surface area contributed by atoms with Crippen molar-refractivity contribution in [3.05, 3.63) is 81.8 Å². The van der Waals surface area contributed by atoms with Crippen LogP contribution in [-0.2, 0) is 0 Å². The van der Waals surface area contributed by atoms with Crippen LogP contribution < -0.4 is 5.73 Å². The molecule has 0 aliphatic rings. The highest BCUT2D eigenvalue weighted by molar-refractivity contribution is 6.11. The molecule has 0 amide bonds. The van der Waals surface area contributed by atoms with E-state index in [1.807, 2.05) is 31.2 Å². The monoisotopic (exact) mass is 322 g/mol. The highest BCUT2D eigenvalue weighted by Gasteiger charge is 2.20. The van der Waals surface area contributed by atoms with Crippen molar-refractivity contribution in [3.8, 4) is 5.69 Å². The number of hydrogen-bond donors (Lipinski definition) is 1. The van der Waals surface area contributed by atoms with Gasteiger partial charge in [0.25, 0.3) is 5.69 Å².